The molecule has 3 N–H and O–H groups in total. The summed E-state index contributed by atoms with van der Waals surface area (Å²) in [4.78, 5) is 12.5. The lowest BCUT2D eigenvalue weighted by Gasteiger charge is -2.06. The van der Waals surface area contributed by atoms with Gasteiger partial charge in [-0.15, -0.1) is 0 Å². The van der Waals surface area contributed by atoms with Crippen molar-refractivity contribution >= 4 is 22.9 Å². The molecule has 0 unspecified atom stereocenters. The first-order valence-corrected chi connectivity index (χ1v) is 9.93. The molecule has 3 aromatic carbocycles. The van der Waals surface area contributed by atoms with E-state index in [1.807, 2.05) is 0 Å². The molecule has 1 heterocycles. The van der Waals surface area contributed by atoms with E-state index in [9.17, 15) is 9.90 Å². The van der Waals surface area contributed by atoms with Crippen LogP contribution in [-0.2, 0) is 12.8 Å². The summed E-state index contributed by atoms with van der Waals surface area (Å²) in [7, 11) is 1.47. The van der Waals surface area contributed by atoms with Crippen LogP contribution >= 0.6 is 0 Å². The number of aromatic amines is 1. The van der Waals surface area contributed by atoms with Crippen molar-refractivity contribution in [1.82, 2.24) is 15.6 Å². The highest BCUT2D eigenvalue weighted by atomic mass is 16.5. The number of nitrogens with one attached hydrogen (secondary N) is 2. The van der Waals surface area contributed by atoms with Gasteiger partial charge in [-0.25, -0.2) is 5.43 Å². The molecule has 4 aromatic rings. The number of hydrogen-bond donors (Lipinski definition) is 3. The molecular formula is C24H20N4O3. The second-order valence-electron chi connectivity index (χ2n) is 7.41. The van der Waals surface area contributed by atoms with Crippen molar-refractivity contribution < 1.29 is 14.6 Å². The molecule has 1 aromatic heterocycles. The number of methoxy groups -OCH3 is 1. The van der Waals surface area contributed by atoms with Gasteiger partial charge in [-0.2, -0.15) is 10.2 Å². The van der Waals surface area contributed by atoms with E-state index in [4.69, 9.17) is 4.74 Å². The summed E-state index contributed by atoms with van der Waals surface area (Å²) in [5.41, 5.74) is 7.92. The van der Waals surface area contributed by atoms with Crippen LogP contribution in [0.15, 0.2) is 59.7 Å². The van der Waals surface area contributed by atoms with Crippen molar-refractivity contribution in [3.05, 3.63) is 77.0 Å². The van der Waals surface area contributed by atoms with Gasteiger partial charge in [0.05, 0.1) is 19.0 Å². The molecule has 0 spiro atoms. The number of aromatic nitrogens is 2. The third-order valence-electron chi connectivity index (χ3n) is 5.56. The van der Waals surface area contributed by atoms with Gasteiger partial charge in [0.2, 0.25) is 0 Å². The van der Waals surface area contributed by atoms with Gasteiger partial charge >= 0.3 is 0 Å². The van der Waals surface area contributed by atoms with Crippen LogP contribution < -0.4 is 10.2 Å². The number of amides is 1. The lowest BCUT2D eigenvalue weighted by Crippen LogP contribution is -2.18. The van der Waals surface area contributed by atoms with Crippen LogP contribution in [0.25, 0.3) is 22.0 Å². The second kappa shape index (κ2) is 7.60. The van der Waals surface area contributed by atoms with Crippen molar-refractivity contribution in [3.63, 3.8) is 0 Å². The molecule has 31 heavy (non-hydrogen) atoms. The maximum Gasteiger partial charge on any atom is 0.289 e. The van der Waals surface area contributed by atoms with Crippen LogP contribution in [0.2, 0.25) is 0 Å². The van der Waals surface area contributed by atoms with E-state index in [1.165, 1.54) is 35.9 Å². The Bertz CT molecular complexity index is 1330. The minimum Gasteiger partial charge on any atom is -0.504 e. The van der Waals surface area contributed by atoms with Gasteiger partial charge in [0.15, 0.2) is 11.5 Å². The summed E-state index contributed by atoms with van der Waals surface area (Å²) in [6, 6.07) is 17.1. The van der Waals surface area contributed by atoms with Crippen molar-refractivity contribution in [2.75, 3.05) is 7.11 Å². The molecule has 0 radical (unpaired) electrons. The van der Waals surface area contributed by atoms with E-state index in [-0.39, 0.29) is 5.75 Å². The quantitative estimate of drug-likeness (QED) is 0.343. The fourth-order valence-electron chi connectivity index (χ4n) is 4.05. The summed E-state index contributed by atoms with van der Waals surface area (Å²) >= 11 is 0. The smallest absolute Gasteiger partial charge is 0.289 e. The lowest BCUT2D eigenvalue weighted by atomic mass is 9.98. The van der Waals surface area contributed by atoms with Gasteiger partial charge in [0, 0.05) is 5.56 Å². The molecule has 0 atom stereocenters. The zero-order valence-electron chi connectivity index (χ0n) is 16.8. The maximum absolute atomic E-state index is 12.5. The first-order chi connectivity index (χ1) is 15.1. The number of hydrazone groups is 1. The van der Waals surface area contributed by atoms with Crippen LogP contribution in [0, 0.1) is 0 Å². The number of aromatic hydroxyl groups is 1. The van der Waals surface area contributed by atoms with E-state index in [0.29, 0.717) is 22.7 Å². The molecule has 7 nitrogen and oxygen atoms in total. The molecule has 1 amide bonds. The highest BCUT2D eigenvalue weighted by molar-refractivity contribution is 6.02. The number of nitrogens with zero attached hydrogens (tertiary/aromatic N) is 2. The zero-order valence-corrected chi connectivity index (χ0v) is 16.8. The van der Waals surface area contributed by atoms with Gasteiger partial charge in [-0.3, -0.25) is 9.89 Å². The average Bonchev–Trinajstić information content (AvgIpc) is 3.44. The number of H-pyrrole nitrogens is 1. The molecular weight excluding hydrogens is 392 g/mol. The number of carbonyl (C=O) groups excluding carboxylic acids is 1. The third kappa shape index (κ3) is 3.40. The number of rotatable bonds is 5. The molecule has 1 aliphatic rings. The predicted octanol–water partition coefficient (Wildman–Crippen LogP) is 3.81. The average molecular weight is 412 g/mol. The minimum atomic E-state index is -0.397. The van der Waals surface area contributed by atoms with Gasteiger partial charge in [0.1, 0.15) is 5.69 Å². The molecule has 7 heteroatoms. The Morgan fingerprint density at radius 2 is 2.00 bits per heavy atom. The zero-order chi connectivity index (χ0) is 21.4. The standard InChI is InChI=1S/C24H20N4O3/c1-31-22-11-14(5-10-21(22)29)13-25-28-24(30)20-12-19(26-27-20)17-9-8-16-7-6-15-3-2-4-18(17)23(15)16/h2-5,8-13,29H,6-7H2,1H3,(H,26,27)(H,28,30)/b25-13+. The molecule has 0 aliphatic heterocycles. The number of aryl methyl sites for hydroxylation is 2. The van der Waals surface area contributed by atoms with Crippen molar-refractivity contribution in [1.29, 1.82) is 0 Å². The second-order valence-corrected chi connectivity index (χ2v) is 7.41. The summed E-state index contributed by atoms with van der Waals surface area (Å²) in [6.07, 6.45) is 3.60. The van der Waals surface area contributed by atoms with E-state index >= 15 is 0 Å². The van der Waals surface area contributed by atoms with Crippen LogP contribution in [0.4, 0.5) is 0 Å². The number of hydrogen-bond acceptors (Lipinski definition) is 5. The number of phenols is 1. The highest BCUT2D eigenvalue weighted by Gasteiger charge is 2.18. The molecule has 0 fully saturated rings. The summed E-state index contributed by atoms with van der Waals surface area (Å²) in [5, 5.41) is 23.2. The highest BCUT2D eigenvalue weighted by Crippen LogP contribution is 2.36. The fraction of sp³-hybridized carbons (Fsp3) is 0.125. The molecule has 5 rings (SSSR count). The summed E-state index contributed by atoms with van der Waals surface area (Å²) in [5.74, 6) is -0.0257. The van der Waals surface area contributed by atoms with E-state index in [1.54, 1.807) is 18.2 Å². The Balaban J connectivity index is 1.36. The van der Waals surface area contributed by atoms with E-state index in [0.717, 1.165) is 23.8 Å². The fourth-order valence-corrected chi connectivity index (χ4v) is 4.05. The summed E-state index contributed by atoms with van der Waals surface area (Å²) in [6.45, 7) is 0. The van der Waals surface area contributed by atoms with Crippen molar-refractivity contribution in [2.24, 2.45) is 5.10 Å². The monoisotopic (exact) mass is 412 g/mol. The van der Waals surface area contributed by atoms with E-state index in [2.05, 4.69) is 51.1 Å². The van der Waals surface area contributed by atoms with Crippen molar-refractivity contribution in [3.8, 4) is 22.8 Å². The Kier molecular flexibility index (Phi) is 4.63. The first kappa shape index (κ1) is 18.9. The van der Waals surface area contributed by atoms with Crippen LogP contribution in [0.3, 0.4) is 0 Å². The predicted molar refractivity (Wildman–Crippen MR) is 119 cm³/mol. The van der Waals surface area contributed by atoms with Gasteiger partial charge in [-0.05, 0) is 64.6 Å². The van der Waals surface area contributed by atoms with Gasteiger partial charge in [0.25, 0.3) is 5.91 Å². The number of ether oxygens (including phenoxy) is 1. The Labute approximate surface area is 178 Å². The largest absolute Gasteiger partial charge is 0.504 e. The number of benzene rings is 3. The Morgan fingerprint density at radius 1 is 1.16 bits per heavy atom. The molecule has 0 saturated heterocycles. The van der Waals surface area contributed by atoms with Crippen molar-refractivity contribution in [2.45, 2.75) is 12.8 Å². The molecule has 154 valence electrons. The molecule has 0 saturated carbocycles. The summed E-state index contributed by atoms with van der Waals surface area (Å²) < 4.78 is 5.06. The first-order valence-electron chi connectivity index (χ1n) is 9.93. The van der Waals surface area contributed by atoms with Crippen LogP contribution in [0.1, 0.15) is 27.2 Å². The van der Waals surface area contributed by atoms with Gasteiger partial charge < -0.3 is 9.84 Å². The lowest BCUT2D eigenvalue weighted by molar-refractivity contribution is 0.0950. The molecule has 0 bridgehead atoms. The molecule has 1 aliphatic carbocycles. The number of phenolic OH excluding ortho intramolecular Hbond substituents is 1. The number of carbonyl (C=O) groups is 1. The topological polar surface area (TPSA) is 99.6 Å². The van der Waals surface area contributed by atoms with Crippen LogP contribution in [0.5, 0.6) is 11.5 Å². The maximum atomic E-state index is 12.5. The van der Waals surface area contributed by atoms with Gasteiger partial charge in [-0.1, -0.05) is 30.3 Å². The Morgan fingerprint density at radius 3 is 2.84 bits per heavy atom. The SMILES string of the molecule is COc1cc(/C=N/NC(=O)c2cc(-c3ccc4c5c(cccc35)CC4)n[nH]2)ccc1O. The van der Waals surface area contributed by atoms with Crippen LogP contribution in [-0.4, -0.2) is 34.5 Å². The minimum absolute atomic E-state index is 0.0386. The van der Waals surface area contributed by atoms with E-state index < -0.39 is 5.91 Å². The Hall–Kier alpha value is -4.13. The third-order valence-corrected chi connectivity index (χ3v) is 5.56. The normalized spacial score (nSPS) is 12.5.